The number of aliphatic carboxylic acids is 1. The highest BCUT2D eigenvalue weighted by atomic mass is 19.1. The van der Waals surface area contributed by atoms with Gasteiger partial charge in [-0.3, -0.25) is 9.59 Å². The number of nitrogens with one attached hydrogen (secondary N) is 1. The Balaban J connectivity index is 2.11. The minimum atomic E-state index is -1.15. The summed E-state index contributed by atoms with van der Waals surface area (Å²) in [5.41, 5.74) is 0.0913. The number of halogens is 1. The predicted molar refractivity (Wildman–Crippen MR) is 92.4 cm³/mol. The molecule has 0 aromatic heterocycles. The van der Waals surface area contributed by atoms with Gasteiger partial charge in [-0.1, -0.05) is 13.8 Å². The number of nitrogens with zero attached hydrogens (tertiary/aromatic N) is 1. The summed E-state index contributed by atoms with van der Waals surface area (Å²) in [4.78, 5) is 36.8. The molecule has 0 bridgehead atoms. The summed E-state index contributed by atoms with van der Waals surface area (Å²) in [5, 5.41) is 11.6. The molecular weight excluding hydrogens is 343 g/mol. The quantitative estimate of drug-likeness (QED) is 0.832. The largest absolute Gasteiger partial charge is 0.479 e. The molecule has 1 heterocycles. The maximum absolute atomic E-state index is 14.3. The molecular formula is C18H23FN2O5. The SMILES string of the molecule is CC(C)CC(=O)Nc1ccc(C(=O)N2CC(C(=O)O)O[C@H](C)C2)cc1F. The van der Waals surface area contributed by atoms with Gasteiger partial charge in [-0.25, -0.2) is 9.18 Å². The zero-order chi connectivity index (χ0) is 19.4. The zero-order valence-corrected chi connectivity index (χ0v) is 15.0. The highest BCUT2D eigenvalue weighted by molar-refractivity contribution is 5.96. The van der Waals surface area contributed by atoms with Crippen LogP contribution in [0.1, 0.15) is 37.6 Å². The lowest BCUT2D eigenvalue weighted by Gasteiger charge is -2.35. The molecule has 0 spiro atoms. The van der Waals surface area contributed by atoms with Gasteiger partial charge in [0.1, 0.15) is 5.82 Å². The van der Waals surface area contributed by atoms with Gasteiger partial charge in [-0.05, 0) is 31.0 Å². The minimum Gasteiger partial charge on any atom is -0.479 e. The summed E-state index contributed by atoms with van der Waals surface area (Å²) in [6, 6.07) is 3.79. The molecule has 1 unspecified atom stereocenters. The van der Waals surface area contributed by atoms with E-state index in [1.165, 1.54) is 17.0 Å². The van der Waals surface area contributed by atoms with Gasteiger partial charge in [0.05, 0.1) is 18.3 Å². The Morgan fingerprint density at radius 1 is 1.35 bits per heavy atom. The van der Waals surface area contributed by atoms with E-state index >= 15 is 0 Å². The molecule has 26 heavy (non-hydrogen) atoms. The number of carbonyl (C=O) groups is 3. The lowest BCUT2D eigenvalue weighted by atomic mass is 10.1. The van der Waals surface area contributed by atoms with Crippen LogP contribution in [0.25, 0.3) is 0 Å². The second-order valence-corrected chi connectivity index (χ2v) is 6.82. The summed E-state index contributed by atoms with van der Waals surface area (Å²) >= 11 is 0. The molecule has 1 aliphatic heterocycles. The standard InChI is InChI=1S/C18H23FN2O5/c1-10(2)6-16(22)20-14-5-4-12(7-13(14)19)17(23)21-8-11(3)26-15(9-21)18(24)25/h4-5,7,10-11,15H,6,8-9H2,1-3H3,(H,20,22)(H,24,25)/t11-,15?/m1/s1. The number of hydrogen-bond donors (Lipinski definition) is 2. The summed E-state index contributed by atoms with van der Waals surface area (Å²) in [6.07, 6.45) is -1.28. The number of benzene rings is 1. The van der Waals surface area contributed by atoms with Gasteiger partial charge in [-0.15, -0.1) is 0 Å². The number of rotatable bonds is 5. The molecule has 0 aliphatic carbocycles. The molecule has 1 aromatic carbocycles. The third-order valence-corrected chi connectivity index (χ3v) is 3.91. The average Bonchev–Trinajstić information content (AvgIpc) is 2.54. The lowest BCUT2D eigenvalue weighted by molar-refractivity contribution is -0.160. The summed E-state index contributed by atoms with van der Waals surface area (Å²) in [5.74, 6) is -2.51. The molecule has 142 valence electrons. The summed E-state index contributed by atoms with van der Waals surface area (Å²) in [7, 11) is 0. The van der Waals surface area contributed by atoms with E-state index in [1.807, 2.05) is 13.8 Å². The van der Waals surface area contributed by atoms with E-state index in [4.69, 9.17) is 9.84 Å². The van der Waals surface area contributed by atoms with Crippen LogP contribution in [0.4, 0.5) is 10.1 Å². The predicted octanol–water partition coefficient (Wildman–Crippen LogP) is 2.12. The Bertz CT molecular complexity index is 707. The van der Waals surface area contributed by atoms with E-state index in [1.54, 1.807) is 6.92 Å². The van der Waals surface area contributed by atoms with Crippen LogP contribution in [0, 0.1) is 11.7 Å². The van der Waals surface area contributed by atoms with Gasteiger partial charge in [0.2, 0.25) is 5.91 Å². The van der Waals surface area contributed by atoms with Crippen molar-refractivity contribution in [1.29, 1.82) is 0 Å². The number of amides is 2. The van der Waals surface area contributed by atoms with Crippen molar-refractivity contribution in [3.63, 3.8) is 0 Å². The van der Waals surface area contributed by atoms with Gasteiger partial charge < -0.3 is 20.1 Å². The number of hydrogen-bond acceptors (Lipinski definition) is 4. The number of carboxylic acids is 1. The van der Waals surface area contributed by atoms with Gasteiger partial charge in [-0.2, -0.15) is 0 Å². The van der Waals surface area contributed by atoms with Crippen molar-refractivity contribution in [2.45, 2.75) is 39.4 Å². The van der Waals surface area contributed by atoms with Crippen molar-refractivity contribution >= 4 is 23.5 Å². The molecule has 8 heteroatoms. The molecule has 1 aromatic rings. The fraction of sp³-hybridized carbons (Fsp3) is 0.500. The Labute approximate surface area is 151 Å². The van der Waals surface area contributed by atoms with Gasteiger partial charge in [0, 0.05) is 18.5 Å². The van der Waals surface area contributed by atoms with Crippen molar-refractivity contribution in [3.8, 4) is 0 Å². The minimum absolute atomic E-state index is 0.00552. The number of carboxylic acid groups (broad SMARTS) is 1. The lowest BCUT2D eigenvalue weighted by Crippen LogP contribution is -2.51. The molecule has 2 rings (SSSR count). The first-order valence-corrected chi connectivity index (χ1v) is 8.44. The smallest absolute Gasteiger partial charge is 0.334 e. The van der Waals surface area contributed by atoms with Crippen LogP contribution in [0.2, 0.25) is 0 Å². The monoisotopic (exact) mass is 366 g/mol. The average molecular weight is 366 g/mol. The van der Waals surface area contributed by atoms with Crippen molar-refractivity contribution in [1.82, 2.24) is 4.90 Å². The Kier molecular flexibility index (Phi) is 6.31. The fourth-order valence-electron chi connectivity index (χ4n) is 2.76. The Morgan fingerprint density at radius 3 is 2.62 bits per heavy atom. The molecule has 1 saturated heterocycles. The third-order valence-electron chi connectivity index (χ3n) is 3.91. The first kappa shape index (κ1) is 19.8. The number of morpholine rings is 1. The van der Waals surface area contributed by atoms with Crippen LogP contribution in [-0.2, 0) is 14.3 Å². The molecule has 0 saturated carbocycles. The molecule has 2 N–H and O–H groups in total. The molecule has 2 atom stereocenters. The number of carbonyl (C=O) groups excluding carboxylic acids is 2. The highest BCUT2D eigenvalue weighted by Crippen LogP contribution is 2.20. The van der Waals surface area contributed by atoms with Gasteiger partial charge >= 0.3 is 5.97 Å². The number of anilines is 1. The summed E-state index contributed by atoms with van der Waals surface area (Å²) in [6.45, 7) is 5.55. The molecule has 1 aliphatic rings. The van der Waals surface area contributed by atoms with E-state index < -0.39 is 29.9 Å². The van der Waals surface area contributed by atoms with Crippen molar-refractivity contribution in [2.75, 3.05) is 18.4 Å². The zero-order valence-electron chi connectivity index (χ0n) is 15.0. The summed E-state index contributed by atoms with van der Waals surface area (Å²) < 4.78 is 19.5. The van der Waals surface area contributed by atoms with Crippen LogP contribution in [0.3, 0.4) is 0 Å². The van der Waals surface area contributed by atoms with E-state index in [9.17, 15) is 18.8 Å². The van der Waals surface area contributed by atoms with Gasteiger partial charge in [0.25, 0.3) is 5.91 Å². The maximum Gasteiger partial charge on any atom is 0.334 e. The molecule has 1 fully saturated rings. The Hall–Kier alpha value is -2.48. The molecule has 0 radical (unpaired) electrons. The Morgan fingerprint density at radius 2 is 2.04 bits per heavy atom. The topological polar surface area (TPSA) is 95.9 Å². The van der Waals surface area contributed by atoms with Crippen LogP contribution in [0.5, 0.6) is 0 Å². The van der Waals surface area contributed by atoms with E-state index in [2.05, 4.69) is 5.32 Å². The third kappa shape index (κ3) is 5.01. The van der Waals surface area contributed by atoms with Crippen LogP contribution < -0.4 is 5.32 Å². The first-order chi connectivity index (χ1) is 12.2. The van der Waals surface area contributed by atoms with Gasteiger partial charge in [0.15, 0.2) is 6.10 Å². The van der Waals surface area contributed by atoms with Crippen molar-refractivity contribution in [2.24, 2.45) is 5.92 Å². The highest BCUT2D eigenvalue weighted by Gasteiger charge is 2.33. The van der Waals surface area contributed by atoms with Crippen LogP contribution >= 0.6 is 0 Å². The molecule has 2 amide bonds. The van der Waals surface area contributed by atoms with Crippen LogP contribution in [-0.4, -0.2) is 53.1 Å². The van der Waals surface area contributed by atoms with E-state index in [0.29, 0.717) is 0 Å². The second kappa shape index (κ2) is 8.27. The normalized spacial score (nSPS) is 20.1. The number of ether oxygens (including phenoxy) is 1. The van der Waals surface area contributed by atoms with Crippen molar-refractivity contribution < 1.29 is 28.6 Å². The second-order valence-electron chi connectivity index (χ2n) is 6.82. The maximum atomic E-state index is 14.3. The van der Waals surface area contributed by atoms with E-state index in [0.717, 1.165) is 6.07 Å². The van der Waals surface area contributed by atoms with E-state index in [-0.39, 0.29) is 42.6 Å². The van der Waals surface area contributed by atoms with Crippen LogP contribution in [0.15, 0.2) is 18.2 Å². The first-order valence-electron chi connectivity index (χ1n) is 8.44. The molecule has 7 nitrogen and oxygen atoms in total. The van der Waals surface area contributed by atoms with Crippen molar-refractivity contribution in [3.05, 3.63) is 29.6 Å². The fourth-order valence-corrected chi connectivity index (χ4v) is 2.76.